The molecule has 1 aromatic carbocycles. The van der Waals surface area contributed by atoms with Gasteiger partial charge in [-0.25, -0.2) is 0 Å². The summed E-state index contributed by atoms with van der Waals surface area (Å²) in [4.78, 5) is 27.7. The number of rotatable bonds is 7. The van der Waals surface area contributed by atoms with Crippen molar-refractivity contribution in [2.45, 2.75) is 18.4 Å². The molecule has 0 saturated carbocycles. The third-order valence-electron chi connectivity index (χ3n) is 5.82. The summed E-state index contributed by atoms with van der Waals surface area (Å²) in [6.45, 7) is 1.43. The number of carbonyl (C=O) groups is 1. The minimum absolute atomic E-state index is 0.00233. The summed E-state index contributed by atoms with van der Waals surface area (Å²) >= 11 is 0. The third-order valence-corrected chi connectivity index (χ3v) is 5.82. The predicted octanol–water partition coefficient (Wildman–Crippen LogP) is 3.45. The highest BCUT2D eigenvalue weighted by atomic mass is 16.5. The molecule has 1 fully saturated rings. The number of pyridine rings is 2. The molecule has 5 rings (SSSR count). The molecule has 0 N–H and O–H groups in total. The smallest absolute Gasteiger partial charge is 0.248 e. The normalized spacial score (nSPS) is 17.9. The lowest BCUT2D eigenvalue weighted by atomic mass is 9.90. The summed E-state index contributed by atoms with van der Waals surface area (Å²) < 4.78 is 11.3. The van der Waals surface area contributed by atoms with Gasteiger partial charge in [-0.3, -0.25) is 14.8 Å². The molecule has 8 nitrogen and oxygen atoms in total. The molecule has 0 bridgehead atoms. The van der Waals surface area contributed by atoms with Crippen LogP contribution in [0.1, 0.15) is 28.9 Å². The van der Waals surface area contributed by atoms with Crippen molar-refractivity contribution in [3.63, 3.8) is 0 Å². The van der Waals surface area contributed by atoms with Gasteiger partial charge in [-0.2, -0.15) is 4.98 Å². The second-order valence-electron chi connectivity index (χ2n) is 7.97. The van der Waals surface area contributed by atoms with E-state index in [1.54, 1.807) is 18.6 Å². The molecule has 1 aliphatic rings. The van der Waals surface area contributed by atoms with Crippen LogP contribution in [-0.4, -0.2) is 50.6 Å². The van der Waals surface area contributed by atoms with Gasteiger partial charge in [0, 0.05) is 49.4 Å². The van der Waals surface area contributed by atoms with Crippen LogP contribution in [0.2, 0.25) is 0 Å². The number of hydrogen-bond acceptors (Lipinski definition) is 7. The Hall–Kier alpha value is -3.91. The molecule has 1 amide bonds. The first-order chi connectivity index (χ1) is 16.3. The topological polar surface area (TPSA) is 94.2 Å². The highest BCUT2D eigenvalue weighted by Gasteiger charge is 2.40. The maximum absolute atomic E-state index is 12.9. The molecule has 2 unspecified atom stereocenters. The Morgan fingerprint density at radius 2 is 1.79 bits per heavy atom. The van der Waals surface area contributed by atoms with Gasteiger partial charge in [0.05, 0.1) is 12.5 Å². The second-order valence-corrected chi connectivity index (χ2v) is 7.97. The van der Waals surface area contributed by atoms with E-state index in [2.05, 4.69) is 20.1 Å². The first-order valence-corrected chi connectivity index (χ1v) is 10.8. The number of nitrogens with zero attached hydrogens (tertiary/aromatic N) is 5. The highest BCUT2D eigenvalue weighted by Crippen LogP contribution is 2.39. The fourth-order valence-corrected chi connectivity index (χ4v) is 4.12. The van der Waals surface area contributed by atoms with E-state index in [0.29, 0.717) is 31.4 Å². The van der Waals surface area contributed by atoms with Crippen molar-refractivity contribution < 1.29 is 14.1 Å². The maximum Gasteiger partial charge on any atom is 0.248 e. The zero-order valence-corrected chi connectivity index (χ0v) is 17.9. The molecule has 4 heterocycles. The molecule has 2 atom stereocenters. The standard InChI is InChI=1S/C25H23N5O3/c31-23(17-32-16-18-5-2-1-3-6-18)30-14-21(20-7-4-10-27-13-20)22(15-30)25-28-24(29-33-25)19-8-11-26-12-9-19/h1-13,21-22H,14-17H2. The molecule has 0 radical (unpaired) electrons. The molecular weight excluding hydrogens is 418 g/mol. The van der Waals surface area contributed by atoms with E-state index >= 15 is 0 Å². The zero-order chi connectivity index (χ0) is 22.5. The Balaban J connectivity index is 1.32. The molecule has 0 aliphatic carbocycles. The van der Waals surface area contributed by atoms with Crippen LogP contribution in [0.25, 0.3) is 11.4 Å². The second kappa shape index (κ2) is 9.70. The van der Waals surface area contributed by atoms with Crippen LogP contribution in [0, 0.1) is 0 Å². The quantitative estimate of drug-likeness (QED) is 0.433. The zero-order valence-electron chi connectivity index (χ0n) is 17.9. The number of carbonyl (C=O) groups excluding carboxylic acids is 1. The summed E-state index contributed by atoms with van der Waals surface area (Å²) in [6.07, 6.45) is 6.95. The summed E-state index contributed by atoms with van der Waals surface area (Å²) in [5, 5.41) is 4.15. The molecule has 33 heavy (non-hydrogen) atoms. The Morgan fingerprint density at radius 3 is 2.58 bits per heavy atom. The van der Waals surface area contributed by atoms with Crippen LogP contribution < -0.4 is 0 Å². The van der Waals surface area contributed by atoms with E-state index in [1.807, 2.05) is 65.7 Å². The van der Waals surface area contributed by atoms with Crippen molar-refractivity contribution in [3.8, 4) is 11.4 Å². The maximum atomic E-state index is 12.9. The number of amides is 1. The van der Waals surface area contributed by atoms with Gasteiger partial charge in [-0.1, -0.05) is 41.6 Å². The first kappa shape index (κ1) is 21.0. The molecule has 4 aromatic rings. The minimum atomic E-state index is -0.129. The lowest BCUT2D eigenvalue weighted by Gasteiger charge is -2.16. The van der Waals surface area contributed by atoms with Gasteiger partial charge in [0.25, 0.3) is 0 Å². The molecule has 3 aromatic heterocycles. The number of hydrogen-bond donors (Lipinski definition) is 0. The third kappa shape index (κ3) is 4.80. The van der Waals surface area contributed by atoms with Crippen molar-refractivity contribution in [1.29, 1.82) is 0 Å². The average molecular weight is 441 g/mol. The Morgan fingerprint density at radius 1 is 0.970 bits per heavy atom. The van der Waals surface area contributed by atoms with E-state index in [0.717, 1.165) is 16.7 Å². The molecule has 8 heteroatoms. The van der Waals surface area contributed by atoms with E-state index in [1.165, 1.54) is 0 Å². The number of benzene rings is 1. The summed E-state index contributed by atoms with van der Waals surface area (Å²) in [6, 6.07) is 17.4. The highest BCUT2D eigenvalue weighted by molar-refractivity contribution is 5.78. The molecule has 0 spiro atoms. The molecular formula is C25H23N5O3. The van der Waals surface area contributed by atoms with Gasteiger partial charge >= 0.3 is 0 Å². The van der Waals surface area contributed by atoms with Gasteiger partial charge in [0.2, 0.25) is 17.6 Å². The van der Waals surface area contributed by atoms with Crippen LogP contribution in [0.3, 0.4) is 0 Å². The van der Waals surface area contributed by atoms with Crippen molar-refractivity contribution in [1.82, 2.24) is 25.0 Å². The lowest BCUT2D eigenvalue weighted by Crippen LogP contribution is -2.32. The van der Waals surface area contributed by atoms with Gasteiger partial charge in [-0.05, 0) is 29.3 Å². The molecule has 166 valence electrons. The monoisotopic (exact) mass is 441 g/mol. The Labute approximate surface area is 191 Å². The van der Waals surface area contributed by atoms with Gasteiger partial charge in [0.15, 0.2) is 0 Å². The van der Waals surface area contributed by atoms with Crippen LogP contribution in [0.5, 0.6) is 0 Å². The average Bonchev–Trinajstić information content (AvgIpc) is 3.54. The molecule has 1 saturated heterocycles. The van der Waals surface area contributed by atoms with Crippen LogP contribution in [0.15, 0.2) is 83.9 Å². The van der Waals surface area contributed by atoms with E-state index < -0.39 is 0 Å². The van der Waals surface area contributed by atoms with Crippen molar-refractivity contribution in [2.75, 3.05) is 19.7 Å². The number of likely N-dealkylation sites (tertiary alicyclic amines) is 1. The lowest BCUT2D eigenvalue weighted by molar-refractivity contribution is -0.135. The fourth-order valence-electron chi connectivity index (χ4n) is 4.12. The Kier molecular flexibility index (Phi) is 6.16. The molecule has 1 aliphatic heterocycles. The van der Waals surface area contributed by atoms with Crippen molar-refractivity contribution in [3.05, 3.63) is 96.4 Å². The van der Waals surface area contributed by atoms with Gasteiger partial charge < -0.3 is 14.2 Å². The van der Waals surface area contributed by atoms with E-state index in [-0.39, 0.29) is 24.3 Å². The summed E-state index contributed by atoms with van der Waals surface area (Å²) in [7, 11) is 0. The van der Waals surface area contributed by atoms with E-state index in [4.69, 9.17) is 9.26 Å². The number of aromatic nitrogens is 4. The largest absolute Gasteiger partial charge is 0.367 e. The summed E-state index contributed by atoms with van der Waals surface area (Å²) in [5.74, 6) is 0.832. The fraction of sp³-hybridized carbons (Fsp3) is 0.240. The first-order valence-electron chi connectivity index (χ1n) is 10.8. The van der Waals surface area contributed by atoms with Crippen LogP contribution in [0.4, 0.5) is 0 Å². The summed E-state index contributed by atoms with van der Waals surface area (Å²) in [5.41, 5.74) is 2.90. The van der Waals surface area contributed by atoms with Crippen LogP contribution in [-0.2, 0) is 16.1 Å². The van der Waals surface area contributed by atoms with E-state index in [9.17, 15) is 4.79 Å². The Bertz CT molecular complexity index is 1180. The minimum Gasteiger partial charge on any atom is -0.367 e. The van der Waals surface area contributed by atoms with Crippen molar-refractivity contribution in [2.24, 2.45) is 0 Å². The van der Waals surface area contributed by atoms with Gasteiger partial charge in [-0.15, -0.1) is 0 Å². The number of ether oxygens (including phenoxy) is 1. The van der Waals surface area contributed by atoms with Crippen LogP contribution >= 0.6 is 0 Å². The van der Waals surface area contributed by atoms with Gasteiger partial charge in [0.1, 0.15) is 6.61 Å². The van der Waals surface area contributed by atoms with Crippen molar-refractivity contribution >= 4 is 5.91 Å². The SMILES string of the molecule is O=C(COCc1ccccc1)N1CC(c2cccnc2)C(c2nc(-c3ccncc3)no2)C1. The predicted molar refractivity (Wildman–Crippen MR) is 120 cm³/mol.